The van der Waals surface area contributed by atoms with Gasteiger partial charge in [0.25, 0.3) is 0 Å². The normalized spacial score (nSPS) is 14.4. The minimum absolute atomic E-state index is 0.0288. The Morgan fingerprint density at radius 1 is 1.24 bits per heavy atom. The van der Waals surface area contributed by atoms with Crippen molar-refractivity contribution in [2.24, 2.45) is 4.99 Å². The number of aliphatic imine (C=N–C) groups is 1. The van der Waals surface area contributed by atoms with E-state index in [4.69, 9.17) is 0 Å². The fourth-order valence-corrected chi connectivity index (χ4v) is 4.88. The quantitative estimate of drug-likeness (QED) is 0.594. The molecule has 2 heterocycles. The first-order valence-corrected chi connectivity index (χ1v) is 10.6. The van der Waals surface area contributed by atoms with Crippen LogP contribution in [0.15, 0.2) is 46.8 Å². The first kappa shape index (κ1) is 17.8. The van der Waals surface area contributed by atoms with E-state index in [-0.39, 0.29) is 5.75 Å². The molecule has 0 aliphatic carbocycles. The summed E-state index contributed by atoms with van der Waals surface area (Å²) in [6.45, 7) is 1.50. The van der Waals surface area contributed by atoms with Crippen molar-refractivity contribution in [3.63, 3.8) is 0 Å². The van der Waals surface area contributed by atoms with Crippen molar-refractivity contribution in [3.05, 3.63) is 52.2 Å². The van der Waals surface area contributed by atoms with E-state index in [0.29, 0.717) is 25.6 Å². The second kappa shape index (κ2) is 7.88. The van der Waals surface area contributed by atoms with Gasteiger partial charge in [-0.25, -0.2) is 8.42 Å². The predicted octanol–water partition coefficient (Wildman–Crippen LogP) is 1.81. The van der Waals surface area contributed by atoms with Crippen LogP contribution in [-0.2, 0) is 23.0 Å². The van der Waals surface area contributed by atoms with E-state index in [1.165, 1.54) is 9.18 Å². The number of sulfonamides is 1. The summed E-state index contributed by atoms with van der Waals surface area (Å²) in [5, 5.41) is 8.28. The highest BCUT2D eigenvalue weighted by molar-refractivity contribution is 7.92. The molecule has 0 saturated carbocycles. The number of benzene rings is 1. The molecule has 0 unspecified atom stereocenters. The Kier molecular flexibility index (Phi) is 5.60. The largest absolute Gasteiger partial charge is 0.355 e. The van der Waals surface area contributed by atoms with Gasteiger partial charge in [-0.3, -0.25) is 9.30 Å². The Hall–Kier alpha value is -2.06. The fraction of sp³-hybridized carbons (Fsp3) is 0.353. The Balaban J connectivity index is 1.52. The van der Waals surface area contributed by atoms with Gasteiger partial charge in [-0.05, 0) is 29.5 Å². The minimum atomic E-state index is -3.35. The van der Waals surface area contributed by atoms with Gasteiger partial charge >= 0.3 is 0 Å². The molecule has 25 heavy (non-hydrogen) atoms. The second-order valence-corrected chi connectivity index (χ2v) is 8.74. The molecule has 0 atom stereocenters. The van der Waals surface area contributed by atoms with E-state index >= 15 is 0 Å². The fourth-order valence-electron chi connectivity index (χ4n) is 2.81. The lowest BCUT2D eigenvalue weighted by Gasteiger charge is -2.20. The summed E-state index contributed by atoms with van der Waals surface area (Å²) >= 11 is 1.67. The SMILES string of the molecule is CN=C(NCCS(=O)(=O)N1CCc2ccccc21)NCc1cccs1. The third-order valence-electron chi connectivity index (χ3n) is 4.07. The van der Waals surface area contributed by atoms with E-state index in [1.807, 2.05) is 41.8 Å². The third kappa shape index (κ3) is 4.32. The molecule has 1 aromatic heterocycles. The number of rotatable bonds is 6. The molecule has 0 saturated heterocycles. The van der Waals surface area contributed by atoms with Gasteiger partial charge in [-0.2, -0.15) is 0 Å². The van der Waals surface area contributed by atoms with Crippen LogP contribution in [0.5, 0.6) is 0 Å². The lowest BCUT2D eigenvalue weighted by molar-refractivity contribution is 0.591. The van der Waals surface area contributed by atoms with Crippen molar-refractivity contribution in [1.82, 2.24) is 10.6 Å². The van der Waals surface area contributed by atoms with Crippen LogP contribution in [0.4, 0.5) is 5.69 Å². The van der Waals surface area contributed by atoms with Crippen LogP contribution in [0.1, 0.15) is 10.4 Å². The van der Waals surface area contributed by atoms with Crippen molar-refractivity contribution in [3.8, 4) is 0 Å². The van der Waals surface area contributed by atoms with E-state index < -0.39 is 10.0 Å². The highest BCUT2D eigenvalue weighted by atomic mass is 32.2. The van der Waals surface area contributed by atoms with E-state index in [0.717, 1.165) is 17.7 Å². The third-order valence-corrected chi connectivity index (χ3v) is 6.71. The van der Waals surface area contributed by atoms with Gasteiger partial charge in [0.2, 0.25) is 10.0 Å². The lowest BCUT2D eigenvalue weighted by atomic mass is 10.2. The molecular formula is C17H22N4O2S2. The number of thiophene rings is 1. The molecule has 1 aromatic carbocycles. The molecule has 0 spiro atoms. The van der Waals surface area contributed by atoms with E-state index in [2.05, 4.69) is 15.6 Å². The first-order valence-electron chi connectivity index (χ1n) is 8.15. The highest BCUT2D eigenvalue weighted by Crippen LogP contribution is 2.29. The summed E-state index contributed by atoms with van der Waals surface area (Å²) in [6.07, 6.45) is 0.771. The molecule has 2 aromatic rings. The van der Waals surface area contributed by atoms with Crippen LogP contribution in [-0.4, -0.2) is 40.3 Å². The molecule has 134 valence electrons. The topological polar surface area (TPSA) is 73.8 Å². The van der Waals surface area contributed by atoms with Gasteiger partial charge in [0, 0.05) is 25.0 Å². The number of fused-ring (bicyclic) bond motifs is 1. The zero-order valence-electron chi connectivity index (χ0n) is 14.1. The molecule has 6 nitrogen and oxygen atoms in total. The van der Waals surface area contributed by atoms with Crippen LogP contribution in [0.2, 0.25) is 0 Å². The maximum absolute atomic E-state index is 12.6. The molecule has 0 fully saturated rings. The van der Waals surface area contributed by atoms with E-state index in [1.54, 1.807) is 18.4 Å². The molecule has 0 amide bonds. The number of nitrogens with one attached hydrogen (secondary N) is 2. The molecule has 8 heteroatoms. The Morgan fingerprint density at radius 2 is 2.08 bits per heavy atom. The molecule has 1 aliphatic rings. The average Bonchev–Trinajstić information content (AvgIpc) is 3.27. The van der Waals surface area contributed by atoms with E-state index in [9.17, 15) is 8.42 Å². The second-order valence-electron chi connectivity index (χ2n) is 5.70. The number of nitrogens with zero attached hydrogens (tertiary/aromatic N) is 2. The molecule has 0 bridgehead atoms. The maximum Gasteiger partial charge on any atom is 0.236 e. The van der Waals surface area contributed by atoms with Gasteiger partial charge in [0.05, 0.1) is 18.0 Å². The summed E-state index contributed by atoms with van der Waals surface area (Å²) in [6, 6.07) is 11.7. The van der Waals surface area contributed by atoms with Gasteiger partial charge in [-0.15, -0.1) is 11.3 Å². The minimum Gasteiger partial charge on any atom is -0.355 e. The number of hydrogen-bond donors (Lipinski definition) is 2. The predicted molar refractivity (Wildman–Crippen MR) is 104 cm³/mol. The standard InChI is InChI=1S/C17H22N4O2S2/c1-18-17(20-13-15-6-4-11-24-15)19-9-12-25(22,23)21-10-8-14-5-2-3-7-16(14)21/h2-7,11H,8-10,12-13H2,1H3,(H2,18,19,20). The zero-order valence-corrected chi connectivity index (χ0v) is 15.7. The summed E-state index contributed by atoms with van der Waals surface area (Å²) in [4.78, 5) is 5.33. The highest BCUT2D eigenvalue weighted by Gasteiger charge is 2.28. The molecular weight excluding hydrogens is 356 g/mol. The number of anilines is 1. The summed E-state index contributed by atoms with van der Waals surface area (Å²) in [5.41, 5.74) is 1.90. The number of para-hydroxylation sites is 1. The van der Waals surface area contributed by atoms with Crippen molar-refractivity contribution < 1.29 is 8.42 Å². The molecule has 1 aliphatic heterocycles. The summed E-state index contributed by atoms with van der Waals surface area (Å²) in [5.74, 6) is 0.631. The van der Waals surface area contributed by atoms with Crippen LogP contribution in [0, 0.1) is 0 Å². The van der Waals surface area contributed by atoms with Gasteiger partial charge in [0.1, 0.15) is 0 Å². The average molecular weight is 379 g/mol. The Morgan fingerprint density at radius 3 is 2.84 bits per heavy atom. The number of hydrogen-bond acceptors (Lipinski definition) is 4. The van der Waals surface area contributed by atoms with Gasteiger partial charge in [0.15, 0.2) is 5.96 Å². The summed E-state index contributed by atoms with van der Waals surface area (Å²) in [7, 11) is -1.67. The zero-order chi connectivity index (χ0) is 17.7. The summed E-state index contributed by atoms with van der Waals surface area (Å²) < 4.78 is 26.8. The number of guanidine groups is 1. The van der Waals surface area contributed by atoms with Crippen LogP contribution < -0.4 is 14.9 Å². The van der Waals surface area contributed by atoms with Crippen LogP contribution in [0.25, 0.3) is 0 Å². The molecule has 0 radical (unpaired) electrons. The molecule has 3 rings (SSSR count). The van der Waals surface area contributed by atoms with Crippen molar-refractivity contribution >= 4 is 33.0 Å². The first-order chi connectivity index (χ1) is 12.1. The molecule has 2 N–H and O–H groups in total. The van der Waals surface area contributed by atoms with Crippen molar-refractivity contribution in [2.45, 2.75) is 13.0 Å². The van der Waals surface area contributed by atoms with Crippen LogP contribution in [0.3, 0.4) is 0 Å². The Bertz CT molecular complexity index is 832. The van der Waals surface area contributed by atoms with Gasteiger partial charge in [-0.1, -0.05) is 24.3 Å². The van der Waals surface area contributed by atoms with Crippen LogP contribution >= 0.6 is 11.3 Å². The maximum atomic E-state index is 12.6. The van der Waals surface area contributed by atoms with Gasteiger partial charge < -0.3 is 10.6 Å². The van der Waals surface area contributed by atoms with Crippen molar-refractivity contribution in [1.29, 1.82) is 0 Å². The monoisotopic (exact) mass is 378 g/mol. The smallest absolute Gasteiger partial charge is 0.236 e. The Labute approximate surface area is 152 Å². The lowest BCUT2D eigenvalue weighted by Crippen LogP contribution is -2.41. The van der Waals surface area contributed by atoms with Crippen molar-refractivity contribution in [2.75, 3.05) is 30.2 Å².